The fourth-order valence-corrected chi connectivity index (χ4v) is 4.15. The fourth-order valence-electron chi connectivity index (χ4n) is 4.15. The summed E-state index contributed by atoms with van der Waals surface area (Å²) in [6.45, 7) is 4.21. The number of piperidine rings is 1. The molecule has 2 heterocycles. The third-order valence-corrected chi connectivity index (χ3v) is 5.95. The van der Waals surface area contributed by atoms with Crippen LogP contribution >= 0.6 is 0 Å². The molecule has 3 aromatic rings. The van der Waals surface area contributed by atoms with E-state index in [0.29, 0.717) is 30.0 Å². The zero-order chi connectivity index (χ0) is 25.0. The van der Waals surface area contributed by atoms with Crippen molar-refractivity contribution in [3.8, 4) is 11.1 Å². The summed E-state index contributed by atoms with van der Waals surface area (Å²) >= 11 is 0. The SMILES string of the molecule is CCOC(=O)c1cc(-c2ccc(N3CCC(F)(F)CC3)cc2)c(C(C)=N)c(Nc2ccccc2)n1. The number of pyridine rings is 1. The maximum atomic E-state index is 13.6. The second kappa shape index (κ2) is 10.2. The number of carbonyl (C=O) groups excluding carboxylic acids is 1. The number of benzene rings is 2. The Labute approximate surface area is 203 Å². The number of nitrogens with zero attached hydrogens (tertiary/aromatic N) is 2. The van der Waals surface area contributed by atoms with Crippen molar-refractivity contribution in [1.29, 1.82) is 5.41 Å². The van der Waals surface area contributed by atoms with Crippen LogP contribution in [0.1, 0.15) is 42.7 Å². The first-order valence-corrected chi connectivity index (χ1v) is 11.6. The Kier molecular flexibility index (Phi) is 7.10. The number of aromatic nitrogens is 1. The number of esters is 1. The predicted molar refractivity (Wildman–Crippen MR) is 134 cm³/mol. The van der Waals surface area contributed by atoms with Crippen molar-refractivity contribution in [2.24, 2.45) is 0 Å². The smallest absolute Gasteiger partial charge is 0.357 e. The number of halogens is 2. The van der Waals surface area contributed by atoms with Crippen LogP contribution in [0.25, 0.3) is 11.1 Å². The van der Waals surface area contributed by atoms with E-state index in [0.717, 1.165) is 16.9 Å². The molecular weight excluding hydrogens is 450 g/mol. The van der Waals surface area contributed by atoms with Gasteiger partial charge in [-0.1, -0.05) is 30.3 Å². The number of carbonyl (C=O) groups is 1. The topological polar surface area (TPSA) is 78.3 Å². The summed E-state index contributed by atoms with van der Waals surface area (Å²) in [5.41, 5.74) is 4.04. The number of para-hydroxylation sites is 1. The summed E-state index contributed by atoms with van der Waals surface area (Å²) in [4.78, 5) is 19.0. The molecule has 1 aliphatic rings. The summed E-state index contributed by atoms with van der Waals surface area (Å²) in [5, 5.41) is 11.7. The zero-order valence-electron chi connectivity index (χ0n) is 19.8. The first-order valence-electron chi connectivity index (χ1n) is 11.6. The van der Waals surface area contributed by atoms with Gasteiger partial charge >= 0.3 is 5.97 Å². The highest BCUT2D eigenvalue weighted by molar-refractivity contribution is 6.08. The minimum absolute atomic E-state index is 0.132. The molecule has 0 atom stereocenters. The zero-order valence-corrected chi connectivity index (χ0v) is 19.8. The van der Waals surface area contributed by atoms with Crippen LogP contribution in [0.15, 0.2) is 60.7 Å². The molecule has 182 valence electrons. The van der Waals surface area contributed by atoms with E-state index in [4.69, 9.17) is 10.1 Å². The van der Waals surface area contributed by atoms with Crippen LogP contribution in [0, 0.1) is 5.41 Å². The third kappa shape index (κ3) is 5.65. The Morgan fingerprint density at radius 1 is 1.11 bits per heavy atom. The Morgan fingerprint density at radius 2 is 1.77 bits per heavy atom. The maximum Gasteiger partial charge on any atom is 0.357 e. The van der Waals surface area contributed by atoms with E-state index in [1.54, 1.807) is 19.9 Å². The second-order valence-electron chi connectivity index (χ2n) is 8.51. The molecule has 0 bridgehead atoms. The largest absolute Gasteiger partial charge is 0.461 e. The van der Waals surface area contributed by atoms with Gasteiger partial charge in [0.05, 0.1) is 6.61 Å². The molecule has 0 unspecified atom stereocenters. The highest BCUT2D eigenvalue weighted by atomic mass is 19.3. The average Bonchev–Trinajstić information content (AvgIpc) is 2.84. The third-order valence-electron chi connectivity index (χ3n) is 5.95. The molecule has 6 nitrogen and oxygen atoms in total. The number of hydrogen-bond acceptors (Lipinski definition) is 6. The van der Waals surface area contributed by atoms with Crippen molar-refractivity contribution in [2.75, 3.05) is 29.9 Å². The molecule has 4 rings (SSSR count). The molecule has 1 saturated heterocycles. The van der Waals surface area contributed by atoms with Gasteiger partial charge in [-0.2, -0.15) is 0 Å². The number of hydrogen-bond donors (Lipinski definition) is 2. The summed E-state index contributed by atoms with van der Waals surface area (Å²) in [5.74, 6) is -2.77. The summed E-state index contributed by atoms with van der Waals surface area (Å²) in [6, 6.07) is 18.6. The lowest BCUT2D eigenvalue weighted by Gasteiger charge is -2.33. The predicted octanol–water partition coefficient (Wildman–Crippen LogP) is 6.29. The molecule has 2 aromatic carbocycles. The normalized spacial score (nSPS) is 14.9. The lowest BCUT2D eigenvalue weighted by Crippen LogP contribution is -2.39. The molecule has 1 fully saturated rings. The molecule has 8 heteroatoms. The van der Waals surface area contributed by atoms with Crippen LogP contribution in [0.4, 0.5) is 26.0 Å². The minimum atomic E-state index is -2.60. The molecule has 35 heavy (non-hydrogen) atoms. The Morgan fingerprint density at radius 3 is 2.37 bits per heavy atom. The summed E-state index contributed by atoms with van der Waals surface area (Å²) in [7, 11) is 0. The van der Waals surface area contributed by atoms with E-state index in [2.05, 4.69) is 10.3 Å². The molecule has 2 N–H and O–H groups in total. The second-order valence-corrected chi connectivity index (χ2v) is 8.51. The van der Waals surface area contributed by atoms with Gasteiger partial charge in [0.15, 0.2) is 5.69 Å². The van der Waals surface area contributed by atoms with Crippen LogP contribution in [0.3, 0.4) is 0 Å². The van der Waals surface area contributed by atoms with Gasteiger partial charge < -0.3 is 20.4 Å². The fraction of sp³-hybridized carbons (Fsp3) is 0.296. The Balaban J connectivity index is 1.75. The average molecular weight is 479 g/mol. The lowest BCUT2D eigenvalue weighted by atomic mass is 9.96. The van der Waals surface area contributed by atoms with Gasteiger partial charge in [-0.3, -0.25) is 0 Å². The molecule has 0 radical (unpaired) electrons. The van der Waals surface area contributed by atoms with Gasteiger partial charge in [0, 0.05) is 48.6 Å². The maximum absolute atomic E-state index is 13.6. The molecular formula is C27H28F2N4O2. The van der Waals surface area contributed by atoms with E-state index in [1.807, 2.05) is 59.5 Å². The molecule has 0 amide bonds. The monoisotopic (exact) mass is 478 g/mol. The van der Waals surface area contributed by atoms with Gasteiger partial charge in [-0.15, -0.1) is 0 Å². The lowest BCUT2D eigenvalue weighted by molar-refractivity contribution is -0.0220. The molecule has 0 aliphatic carbocycles. The van der Waals surface area contributed by atoms with Crippen LogP contribution in [0.2, 0.25) is 0 Å². The van der Waals surface area contributed by atoms with E-state index in [1.165, 1.54) is 0 Å². The van der Waals surface area contributed by atoms with Crippen LogP contribution in [0.5, 0.6) is 0 Å². The Bertz CT molecular complexity index is 1200. The highest BCUT2D eigenvalue weighted by Gasteiger charge is 2.34. The van der Waals surface area contributed by atoms with Crippen molar-refractivity contribution < 1.29 is 18.3 Å². The Hall–Kier alpha value is -3.81. The number of ether oxygens (including phenoxy) is 1. The van der Waals surface area contributed by atoms with Crippen molar-refractivity contribution in [1.82, 2.24) is 4.98 Å². The molecule has 0 spiro atoms. The number of anilines is 3. The van der Waals surface area contributed by atoms with Crippen molar-refractivity contribution >= 4 is 28.9 Å². The van der Waals surface area contributed by atoms with Crippen molar-refractivity contribution in [3.63, 3.8) is 0 Å². The van der Waals surface area contributed by atoms with Gasteiger partial charge in [0.2, 0.25) is 0 Å². The van der Waals surface area contributed by atoms with Gasteiger partial charge in [0.1, 0.15) is 5.82 Å². The number of rotatable bonds is 7. The highest BCUT2D eigenvalue weighted by Crippen LogP contribution is 2.34. The van der Waals surface area contributed by atoms with Gasteiger partial charge in [0.25, 0.3) is 5.92 Å². The van der Waals surface area contributed by atoms with Crippen molar-refractivity contribution in [2.45, 2.75) is 32.6 Å². The summed E-state index contributed by atoms with van der Waals surface area (Å²) < 4.78 is 32.3. The van der Waals surface area contributed by atoms with E-state index < -0.39 is 11.9 Å². The standard InChI is InChI=1S/C27H28F2N4O2/c1-3-35-26(34)23-17-22(24(18(2)30)25(32-23)31-20-7-5-4-6-8-20)19-9-11-21(12-10-19)33-15-13-27(28,29)14-16-33/h4-12,17,30H,3,13-16H2,1-2H3,(H,31,32). The van der Waals surface area contributed by atoms with E-state index in [9.17, 15) is 13.6 Å². The molecule has 1 aromatic heterocycles. The van der Waals surface area contributed by atoms with Crippen LogP contribution in [-0.2, 0) is 4.74 Å². The minimum Gasteiger partial charge on any atom is -0.461 e. The number of nitrogens with one attached hydrogen (secondary N) is 2. The van der Waals surface area contributed by atoms with E-state index >= 15 is 0 Å². The van der Waals surface area contributed by atoms with Crippen LogP contribution in [-0.4, -0.2) is 42.3 Å². The number of alkyl halides is 2. The van der Waals surface area contributed by atoms with Gasteiger partial charge in [-0.05, 0) is 55.3 Å². The quantitative estimate of drug-likeness (QED) is 0.308. The summed E-state index contributed by atoms with van der Waals surface area (Å²) in [6.07, 6.45) is -0.318. The van der Waals surface area contributed by atoms with Crippen molar-refractivity contribution in [3.05, 3.63) is 71.9 Å². The van der Waals surface area contributed by atoms with Gasteiger partial charge in [-0.25, -0.2) is 18.6 Å². The first kappa shape index (κ1) is 24.3. The van der Waals surface area contributed by atoms with Crippen LogP contribution < -0.4 is 10.2 Å². The molecule has 0 saturated carbocycles. The van der Waals surface area contributed by atoms with E-state index in [-0.39, 0.29) is 30.9 Å². The first-order chi connectivity index (χ1) is 16.8. The molecule has 1 aliphatic heterocycles.